The van der Waals surface area contributed by atoms with Gasteiger partial charge in [0.25, 0.3) is 5.91 Å². The molecule has 0 radical (unpaired) electrons. The number of aromatic nitrogens is 1. The average molecular weight is 351 g/mol. The van der Waals surface area contributed by atoms with E-state index in [0.717, 1.165) is 0 Å². The van der Waals surface area contributed by atoms with Gasteiger partial charge in [0.15, 0.2) is 6.10 Å². The van der Waals surface area contributed by atoms with Gasteiger partial charge in [0.1, 0.15) is 17.1 Å². The van der Waals surface area contributed by atoms with Gasteiger partial charge in [-0.3, -0.25) is 4.79 Å². The number of rotatable bonds is 4. The van der Waals surface area contributed by atoms with Gasteiger partial charge in [-0.25, -0.2) is 14.6 Å². The van der Waals surface area contributed by atoms with Crippen LogP contribution in [-0.4, -0.2) is 23.0 Å². The fourth-order valence-electron chi connectivity index (χ4n) is 2.01. The monoisotopic (exact) mass is 350 g/mol. The number of anilines is 1. The molecule has 2 aromatic heterocycles. The van der Waals surface area contributed by atoms with Crippen molar-refractivity contribution in [1.82, 2.24) is 4.98 Å². The molecule has 0 spiro atoms. The number of ether oxygens (including phenoxy) is 1. The topological polar surface area (TPSA) is 98.5 Å². The van der Waals surface area contributed by atoms with Crippen LogP contribution >= 0.6 is 11.6 Å². The van der Waals surface area contributed by atoms with Crippen molar-refractivity contribution in [2.24, 2.45) is 0 Å². The van der Waals surface area contributed by atoms with E-state index in [-0.39, 0.29) is 17.1 Å². The summed E-state index contributed by atoms with van der Waals surface area (Å²) in [5, 5.41) is 2.94. The summed E-state index contributed by atoms with van der Waals surface area (Å²) in [6.07, 6.45) is 0.313. The minimum Gasteiger partial charge on any atom is -0.449 e. The predicted octanol–water partition coefficient (Wildman–Crippen LogP) is 2.49. The molecule has 0 aliphatic heterocycles. The van der Waals surface area contributed by atoms with Crippen molar-refractivity contribution in [2.45, 2.75) is 26.9 Å². The van der Waals surface area contributed by atoms with Crippen LogP contribution in [0.1, 0.15) is 28.6 Å². The van der Waals surface area contributed by atoms with E-state index in [2.05, 4.69) is 10.3 Å². The van der Waals surface area contributed by atoms with Gasteiger partial charge in [-0.05, 0) is 38.5 Å². The Balaban J connectivity index is 2.07. The summed E-state index contributed by atoms with van der Waals surface area (Å²) in [5.74, 6) is -0.881. The molecule has 24 heavy (non-hydrogen) atoms. The maximum Gasteiger partial charge on any atom is 0.342 e. The van der Waals surface area contributed by atoms with Crippen LogP contribution in [0, 0.1) is 13.8 Å². The highest BCUT2D eigenvalue weighted by atomic mass is 35.5. The Bertz CT molecular complexity index is 803. The van der Waals surface area contributed by atoms with Crippen LogP contribution in [0.2, 0.25) is 5.02 Å². The normalized spacial score (nSPS) is 11.7. The maximum atomic E-state index is 12.2. The molecule has 0 aliphatic carbocycles. The number of hydrogen-bond donors (Lipinski definition) is 1. The second kappa shape index (κ2) is 7.27. The lowest BCUT2D eigenvalue weighted by Crippen LogP contribution is -2.30. The van der Waals surface area contributed by atoms with Crippen molar-refractivity contribution in [3.8, 4) is 0 Å². The average Bonchev–Trinajstić information content (AvgIpc) is 2.48. The Morgan fingerprint density at radius 3 is 2.62 bits per heavy atom. The van der Waals surface area contributed by atoms with Crippen LogP contribution in [0.4, 0.5) is 5.82 Å². The van der Waals surface area contributed by atoms with E-state index in [0.29, 0.717) is 10.6 Å². The van der Waals surface area contributed by atoms with Crippen molar-refractivity contribution < 1.29 is 18.7 Å². The molecule has 0 aliphatic rings. The Morgan fingerprint density at radius 2 is 2.04 bits per heavy atom. The van der Waals surface area contributed by atoms with Gasteiger partial charge in [0.2, 0.25) is 0 Å². The van der Waals surface area contributed by atoms with Crippen molar-refractivity contribution >= 4 is 29.3 Å². The molecule has 0 bridgehead atoms. The summed E-state index contributed by atoms with van der Waals surface area (Å²) in [6.45, 7) is 4.49. The number of esters is 1. The first kappa shape index (κ1) is 17.7. The quantitative estimate of drug-likeness (QED) is 0.850. The Kier molecular flexibility index (Phi) is 5.35. The molecule has 2 aromatic rings. The second-order valence-corrected chi connectivity index (χ2v) is 5.51. The number of carbonyl (C=O) groups excluding carboxylic acids is 2. The molecule has 0 unspecified atom stereocenters. The zero-order valence-electron chi connectivity index (χ0n) is 13.3. The van der Waals surface area contributed by atoms with Gasteiger partial charge in [-0.15, -0.1) is 0 Å². The fraction of sp³-hybridized carbons (Fsp3) is 0.250. The lowest BCUT2D eigenvalue weighted by Gasteiger charge is -2.14. The van der Waals surface area contributed by atoms with E-state index in [1.54, 1.807) is 13.0 Å². The molecule has 0 fully saturated rings. The highest BCUT2D eigenvalue weighted by Gasteiger charge is 2.23. The van der Waals surface area contributed by atoms with Crippen molar-refractivity contribution in [3.05, 3.63) is 56.7 Å². The molecule has 1 N–H and O–H groups in total. The molecular weight excluding hydrogens is 336 g/mol. The lowest BCUT2D eigenvalue weighted by molar-refractivity contribution is -0.123. The smallest absolute Gasteiger partial charge is 0.342 e. The molecule has 0 saturated carbocycles. The van der Waals surface area contributed by atoms with Crippen LogP contribution in [0.25, 0.3) is 0 Å². The molecular formula is C16H15ClN2O5. The molecule has 126 valence electrons. The highest BCUT2D eigenvalue weighted by Crippen LogP contribution is 2.14. The van der Waals surface area contributed by atoms with Crippen LogP contribution in [0.15, 0.2) is 33.6 Å². The van der Waals surface area contributed by atoms with Gasteiger partial charge in [0.05, 0.1) is 5.02 Å². The van der Waals surface area contributed by atoms with Crippen molar-refractivity contribution in [3.63, 3.8) is 0 Å². The molecule has 8 heteroatoms. The van der Waals surface area contributed by atoms with Crippen LogP contribution in [0.3, 0.4) is 0 Å². The third kappa shape index (κ3) is 4.20. The Labute approximate surface area is 142 Å². The minimum atomic E-state index is -1.07. The van der Waals surface area contributed by atoms with E-state index in [1.807, 2.05) is 0 Å². The number of amides is 1. The number of nitrogens with one attached hydrogen (secondary N) is 1. The van der Waals surface area contributed by atoms with Gasteiger partial charge in [0, 0.05) is 12.3 Å². The maximum absolute atomic E-state index is 12.2. The first-order valence-corrected chi connectivity index (χ1v) is 7.40. The molecule has 1 amide bonds. The van der Waals surface area contributed by atoms with Gasteiger partial charge < -0.3 is 14.5 Å². The number of pyridine rings is 1. The molecule has 0 aromatic carbocycles. The molecule has 2 rings (SSSR count). The van der Waals surface area contributed by atoms with Crippen molar-refractivity contribution in [1.29, 1.82) is 0 Å². The second-order valence-electron chi connectivity index (χ2n) is 5.08. The largest absolute Gasteiger partial charge is 0.449 e. The molecule has 7 nitrogen and oxygen atoms in total. The summed E-state index contributed by atoms with van der Waals surface area (Å²) in [4.78, 5) is 39.4. The summed E-state index contributed by atoms with van der Waals surface area (Å²) in [5.41, 5.74) is -0.0132. The van der Waals surface area contributed by atoms with Gasteiger partial charge >= 0.3 is 11.6 Å². The number of nitrogens with zero attached hydrogens (tertiary/aromatic N) is 1. The van der Waals surface area contributed by atoms with E-state index in [1.165, 1.54) is 32.2 Å². The highest BCUT2D eigenvalue weighted by molar-refractivity contribution is 6.30. The SMILES string of the molecule is Cc1cc(=O)oc(C)c1C(=O)O[C@H](C)C(=O)Nc1ccc(Cl)cn1. The summed E-state index contributed by atoms with van der Waals surface area (Å²) in [7, 11) is 0. The first-order chi connectivity index (χ1) is 11.3. The number of hydrogen-bond acceptors (Lipinski definition) is 6. The third-order valence-corrected chi connectivity index (χ3v) is 3.39. The first-order valence-electron chi connectivity index (χ1n) is 7.02. The number of aryl methyl sites for hydroxylation is 2. The summed E-state index contributed by atoms with van der Waals surface area (Å²) >= 11 is 5.71. The van der Waals surface area contributed by atoms with E-state index in [9.17, 15) is 14.4 Å². The van der Waals surface area contributed by atoms with Crippen LogP contribution < -0.4 is 10.9 Å². The van der Waals surface area contributed by atoms with Gasteiger partial charge in [-0.1, -0.05) is 11.6 Å². The van der Waals surface area contributed by atoms with Crippen molar-refractivity contribution in [2.75, 3.05) is 5.32 Å². The van der Waals surface area contributed by atoms with Crippen LogP contribution in [-0.2, 0) is 9.53 Å². The third-order valence-electron chi connectivity index (χ3n) is 3.17. The molecule has 1 atom stereocenters. The van der Waals surface area contributed by atoms with E-state index in [4.69, 9.17) is 20.8 Å². The molecule has 2 heterocycles. The Morgan fingerprint density at radius 1 is 1.33 bits per heavy atom. The number of halogens is 1. The Hall–Kier alpha value is -2.67. The number of carbonyl (C=O) groups is 2. The predicted molar refractivity (Wildman–Crippen MR) is 87.2 cm³/mol. The lowest BCUT2D eigenvalue weighted by atomic mass is 10.1. The van der Waals surface area contributed by atoms with Gasteiger partial charge in [-0.2, -0.15) is 0 Å². The zero-order chi connectivity index (χ0) is 17.9. The fourth-order valence-corrected chi connectivity index (χ4v) is 2.13. The standard InChI is InChI=1S/C16H15ClN2O5/c1-8-6-13(20)23-9(2)14(8)16(22)24-10(3)15(21)19-12-5-4-11(17)7-18-12/h4-7,10H,1-3H3,(H,18,19,21)/t10-/m1/s1. The van der Waals surface area contributed by atoms with E-state index >= 15 is 0 Å². The van der Waals surface area contributed by atoms with E-state index < -0.39 is 23.6 Å². The molecule has 0 saturated heterocycles. The summed E-state index contributed by atoms with van der Waals surface area (Å²) < 4.78 is 10.0. The minimum absolute atomic E-state index is 0.124. The van der Waals surface area contributed by atoms with Crippen LogP contribution in [0.5, 0.6) is 0 Å². The zero-order valence-corrected chi connectivity index (χ0v) is 14.0. The summed E-state index contributed by atoms with van der Waals surface area (Å²) in [6, 6.07) is 4.28.